The average Bonchev–Trinajstić information content (AvgIpc) is 3.37. The molecule has 0 aromatic heterocycles. The fraction of sp³-hybridized carbons (Fsp3) is 0.892. The van der Waals surface area contributed by atoms with Crippen LogP contribution in [0.15, 0.2) is 24.3 Å². The predicted octanol–water partition coefficient (Wildman–Crippen LogP) is 21.4. The summed E-state index contributed by atoms with van der Waals surface area (Å²) in [6, 6.07) is 0. The lowest BCUT2D eigenvalue weighted by atomic mass is 10.0. The third-order valence-corrected chi connectivity index (χ3v) is 14.4. The standard InChI is InChI=1S/C65H122O6/c1-4-7-10-13-16-19-22-25-27-28-29-30-31-32-33-34-35-36-37-38-39-41-43-46-49-52-55-58-64(67)70-61-62(60-69-63(66)57-54-51-48-45-42-24-21-18-15-12-9-6-3)71-65(68)59-56-53-50-47-44-40-26-23-20-17-14-11-8-5-2/h23,26,28-29,62H,4-22,24-25,27,30-61H2,1-3H3/b26-23-,29-28-. The molecule has 1 atom stereocenters. The first-order chi connectivity index (χ1) is 35.0. The molecule has 6 nitrogen and oxygen atoms in total. The first-order valence-corrected chi connectivity index (χ1v) is 31.8. The third kappa shape index (κ3) is 58.7. The molecule has 71 heavy (non-hydrogen) atoms. The van der Waals surface area contributed by atoms with Crippen molar-refractivity contribution in [3.8, 4) is 0 Å². The molecule has 0 rings (SSSR count). The average molecular weight is 1000 g/mol. The molecule has 0 amide bonds. The van der Waals surface area contributed by atoms with Crippen molar-refractivity contribution in [3.63, 3.8) is 0 Å². The summed E-state index contributed by atoms with van der Waals surface area (Å²) >= 11 is 0. The van der Waals surface area contributed by atoms with E-state index in [0.717, 1.165) is 64.2 Å². The molecule has 1 unspecified atom stereocenters. The van der Waals surface area contributed by atoms with Gasteiger partial charge in [-0.2, -0.15) is 0 Å². The van der Waals surface area contributed by atoms with Crippen molar-refractivity contribution >= 4 is 17.9 Å². The van der Waals surface area contributed by atoms with Crippen LogP contribution in [0.5, 0.6) is 0 Å². The van der Waals surface area contributed by atoms with Gasteiger partial charge in [-0.1, -0.05) is 289 Å². The number of carbonyl (C=O) groups excluding carboxylic acids is 3. The van der Waals surface area contributed by atoms with E-state index in [1.165, 1.54) is 250 Å². The summed E-state index contributed by atoms with van der Waals surface area (Å²) in [6.45, 7) is 6.67. The second-order valence-electron chi connectivity index (χ2n) is 21.7. The van der Waals surface area contributed by atoms with Crippen LogP contribution in [0.25, 0.3) is 0 Å². The SMILES string of the molecule is CCCCCCC/C=C\CCCCCCCC(=O)OC(COC(=O)CCCCCCCCCCCCCC)COC(=O)CCCCCCCCCCCCCCCCC/C=C\CCCCCCCCCC. The maximum Gasteiger partial charge on any atom is 0.306 e. The van der Waals surface area contributed by atoms with Crippen molar-refractivity contribution in [2.24, 2.45) is 0 Å². The largest absolute Gasteiger partial charge is 0.462 e. The molecule has 0 aliphatic rings. The number of unbranched alkanes of at least 4 members (excludes halogenated alkanes) is 44. The highest BCUT2D eigenvalue weighted by Crippen LogP contribution is 2.17. The number of carbonyl (C=O) groups is 3. The predicted molar refractivity (Wildman–Crippen MR) is 307 cm³/mol. The monoisotopic (exact) mass is 999 g/mol. The van der Waals surface area contributed by atoms with E-state index in [-0.39, 0.29) is 31.1 Å². The molecule has 0 aliphatic heterocycles. The first kappa shape index (κ1) is 68.9. The van der Waals surface area contributed by atoms with Gasteiger partial charge in [-0.25, -0.2) is 0 Å². The molecular formula is C65H122O6. The zero-order valence-corrected chi connectivity index (χ0v) is 48.0. The summed E-state index contributed by atoms with van der Waals surface area (Å²) in [5.74, 6) is -0.855. The van der Waals surface area contributed by atoms with E-state index < -0.39 is 6.10 Å². The fourth-order valence-corrected chi connectivity index (χ4v) is 9.61. The number of ether oxygens (including phenoxy) is 3. The van der Waals surface area contributed by atoms with Crippen LogP contribution in [0.3, 0.4) is 0 Å². The Morgan fingerprint density at radius 2 is 0.465 bits per heavy atom. The summed E-state index contributed by atoms with van der Waals surface area (Å²) in [6.07, 6.45) is 71.9. The van der Waals surface area contributed by atoms with Gasteiger partial charge >= 0.3 is 17.9 Å². The Morgan fingerprint density at radius 3 is 0.704 bits per heavy atom. The van der Waals surface area contributed by atoms with Crippen molar-refractivity contribution in [2.75, 3.05) is 13.2 Å². The summed E-state index contributed by atoms with van der Waals surface area (Å²) in [7, 11) is 0. The van der Waals surface area contributed by atoms with E-state index in [1.807, 2.05) is 0 Å². The Morgan fingerprint density at radius 1 is 0.268 bits per heavy atom. The highest BCUT2D eigenvalue weighted by Gasteiger charge is 2.19. The smallest absolute Gasteiger partial charge is 0.306 e. The van der Waals surface area contributed by atoms with E-state index in [1.54, 1.807) is 0 Å². The van der Waals surface area contributed by atoms with Gasteiger partial charge in [0.2, 0.25) is 0 Å². The number of esters is 3. The van der Waals surface area contributed by atoms with Crippen LogP contribution in [0, 0.1) is 0 Å². The number of hydrogen-bond acceptors (Lipinski definition) is 6. The van der Waals surface area contributed by atoms with Gasteiger partial charge in [0.05, 0.1) is 0 Å². The summed E-state index contributed by atoms with van der Waals surface area (Å²) in [5.41, 5.74) is 0. The van der Waals surface area contributed by atoms with E-state index in [9.17, 15) is 14.4 Å². The van der Waals surface area contributed by atoms with Gasteiger partial charge < -0.3 is 14.2 Å². The first-order valence-electron chi connectivity index (χ1n) is 31.8. The van der Waals surface area contributed by atoms with E-state index in [2.05, 4.69) is 45.1 Å². The van der Waals surface area contributed by atoms with Gasteiger partial charge in [0.15, 0.2) is 6.10 Å². The van der Waals surface area contributed by atoms with Crippen molar-refractivity contribution in [2.45, 2.75) is 361 Å². The molecule has 6 heteroatoms. The maximum atomic E-state index is 12.8. The van der Waals surface area contributed by atoms with Gasteiger partial charge in [-0.05, 0) is 70.6 Å². The molecule has 0 spiro atoms. The lowest BCUT2D eigenvalue weighted by Crippen LogP contribution is -2.30. The van der Waals surface area contributed by atoms with E-state index >= 15 is 0 Å². The Bertz CT molecular complexity index is 1150. The number of rotatable bonds is 59. The maximum absolute atomic E-state index is 12.8. The molecular weight excluding hydrogens is 877 g/mol. The summed E-state index contributed by atoms with van der Waals surface area (Å²) in [4.78, 5) is 38.2. The van der Waals surface area contributed by atoms with Gasteiger partial charge in [0.1, 0.15) is 13.2 Å². The molecule has 0 saturated carbocycles. The summed E-state index contributed by atoms with van der Waals surface area (Å²) < 4.78 is 16.9. The Labute approximate surface area is 443 Å². The van der Waals surface area contributed by atoms with Crippen LogP contribution in [0.4, 0.5) is 0 Å². The lowest BCUT2D eigenvalue weighted by molar-refractivity contribution is -0.167. The fourth-order valence-electron chi connectivity index (χ4n) is 9.61. The van der Waals surface area contributed by atoms with Gasteiger partial charge in [-0.3, -0.25) is 14.4 Å². The van der Waals surface area contributed by atoms with Gasteiger partial charge in [-0.15, -0.1) is 0 Å². The van der Waals surface area contributed by atoms with Crippen LogP contribution in [0.2, 0.25) is 0 Å². The van der Waals surface area contributed by atoms with E-state index in [4.69, 9.17) is 14.2 Å². The van der Waals surface area contributed by atoms with E-state index in [0.29, 0.717) is 19.3 Å². The summed E-state index contributed by atoms with van der Waals surface area (Å²) in [5, 5.41) is 0. The number of allylic oxidation sites excluding steroid dienone is 4. The van der Waals surface area contributed by atoms with Crippen molar-refractivity contribution in [3.05, 3.63) is 24.3 Å². The Balaban J connectivity index is 4.16. The van der Waals surface area contributed by atoms with Gasteiger partial charge in [0.25, 0.3) is 0 Å². The number of hydrogen-bond donors (Lipinski definition) is 0. The zero-order chi connectivity index (χ0) is 51.4. The van der Waals surface area contributed by atoms with Gasteiger partial charge in [0, 0.05) is 19.3 Å². The Kier molecular flexibility index (Phi) is 58.6. The quantitative estimate of drug-likeness (QED) is 0.0261. The van der Waals surface area contributed by atoms with Crippen molar-refractivity contribution in [1.29, 1.82) is 0 Å². The zero-order valence-electron chi connectivity index (χ0n) is 48.0. The minimum Gasteiger partial charge on any atom is -0.462 e. The van der Waals surface area contributed by atoms with Crippen LogP contribution in [-0.2, 0) is 28.6 Å². The van der Waals surface area contributed by atoms with Crippen LogP contribution < -0.4 is 0 Å². The Hall–Kier alpha value is -2.11. The molecule has 0 N–H and O–H groups in total. The molecule has 0 aromatic rings. The molecule has 0 radical (unpaired) electrons. The van der Waals surface area contributed by atoms with Crippen molar-refractivity contribution in [1.82, 2.24) is 0 Å². The minimum atomic E-state index is -0.771. The molecule has 0 bridgehead atoms. The molecule has 0 saturated heterocycles. The molecule has 0 aromatic carbocycles. The third-order valence-electron chi connectivity index (χ3n) is 14.4. The highest BCUT2D eigenvalue weighted by molar-refractivity contribution is 5.71. The van der Waals surface area contributed by atoms with Crippen LogP contribution >= 0.6 is 0 Å². The van der Waals surface area contributed by atoms with Crippen LogP contribution in [-0.4, -0.2) is 37.2 Å². The molecule has 418 valence electrons. The second-order valence-corrected chi connectivity index (χ2v) is 21.7. The molecule has 0 fully saturated rings. The lowest BCUT2D eigenvalue weighted by Gasteiger charge is -2.18. The molecule has 0 heterocycles. The highest BCUT2D eigenvalue weighted by atomic mass is 16.6. The topological polar surface area (TPSA) is 78.9 Å². The van der Waals surface area contributed by atoms with Crippen molar-refractivity contribution < 1.29 is 28.6 Å². The second kappa shape index (κ2) is 60.4. The normalized spacial score (nSPS) is 12.1. The minimum absolute atomic E-state index is 0.0693. The molecule has 0 aliphatic carbocycles. The van der Waals surface area contributed by atoms with Crippen LogP contribution in [0.1, 0.15) is 355 Å².